The van der Waals surface area contributed by atoms with Gasteiger partial charge in [0, 0.05) is 35.0 Å². The predicted octanol–water partition coefficient (Wildman–Crippen LogP) is -1.54. The molecule has 4 rings (SSSR count). The molecule has 1 unspecified atom stereocenters. The number of thioether (sulfide) groups is 1. The van der Waals surface area contributed by atoms with Crippen LogP contribution in [0.2, 0.25) is 0 Å². The molecule has 0 bridgehead atoms. The highest BCUT2D eigenvalue weighted by Gasteiger charge is 2.53. The lowest BCUT2D eigenvalue weighted by Gasteiger charge is -2.50. The average Bonchev–Trinajstić information content (AvgIpc) is 3.23. The minimum absolute atomic E-state index is 0.0474. The molecule has 0 spiro atoms. The number of aromatic nitrogens is 3. The summed E-state index contributed by atoms with van der Waals surface area (Å²) >= 11 is 1.93. The van der Waals surface area contributed by atoms with Crippen molar-refractivity contribution in [1.29, 1.82) is 0 Å². The van der Waals surface area contributed by atoms with Crippen LogP contribution >= 0.6 is 23.3 Å². The Morgan fingerprint density at radius 3 is 2.74 bits per heavy atom. The molecule has 2 atom stereocenters. The maximum atomic E-state index is 12.8. The summed E-state index contributed by atoms with van der Waals surface area (Å²) in [5.74, 6) is -3.41. The quantitative estimate of drug-likeness (QED) is 0.185. The fourth-order valence-electron chi connectivity index (χ4n) is 3.37. The van der Waals surface area contributed by atoms with Gasteiger partial charge in [0.25, 0.3) is 11.8 Å². The number of amides is 2. The van der Waals surface area contributed by atoms with E-state index >= 15 is 0 Å². The third-order valence-corrected chi connectivity index (χ3v) is 6.65. The number of halogens is 2. The van der Waals surface area contributed by atoms with E-state index in [0.29, 0.717) is 17.1 Å². The number of carbonyl (C=O) groups is 3. The molecule has 1 saturated heterocycles. The number of oxime groups is 1. The van der Waals surface area contributed by atoms with Crippen LogP contribution in [0.4, 0.5) is 13.9 Å². The third-order valence-electron chi connectivity index (χ3n) is 4.77. The van der Waals surface area contributed by atoms with E-state index in [9.17, 15) is 28.3 Å². The van der Waals surface area contributed by atoms with Crippen LogP contribution in [0.1, 0.15) is 5.82 Å². The molecule has 16 heteroatoms. The number of nitrogen functional groups attached to an aromatic ring is 1. The molecule has 2 aromatic rings. The first-order valence-electron chi connectivity index (χ1n) is 9.50. The van der Waals surface area contributed by atoms with Gasteiger partial charge in [-0.25, -0.2) is 4.57 Å². The number of pyridine rings is 1. The van der Waals surface area contributed by atoms with Gasteiger partial charge in [-0.1, -0.05) is 11.2 Å². The molecule has 2 aromatic heterocycles. The van der Waals surface area contributed by atoms with Gasteiger partial charge >= 0.3 is 6.61 Å². The lowest BCUT2D eigenvalue weighted by atomic mass is 10.0. The Kier molecular flexibility index (Phi) is 6.69. The molecule has 2 aliphatic heterocycles. The highest BCUT2D eigenvalue weighted by atomic mass is 32.2. The van der Waals surface area contributed by atoms with E-state index in [2.05, 4.69) is 24.7 Å². The largest absolute Gasteiger partial charge is 0.543 e. The number of nitrogens with one attached hydrogen (secondary N) is 1. The Morgan fingerprint density at radius 1 is 1.38 bits per heavy atom. The summed E-state index contributed by atoms with van der Waals surface area (Å²) in [5, 5.41) is 16.5. The molecule has 34 heavy (non-hydrogen) atoms. The second kappa shape index (κ2) is 9.68. The van der Waals surface area contributed by atoms with E-state index in [0.717, 1.165) is 4.90 Å². The first kappa shape index (κ1) is 23.5. The van der Waals surface area contributed by atoms with Crippen molar-refractivity contribution in [2.45, 2.75) is 24.6 Å². The number of carbonyl (C=O) groups excluding carboxylic acids is 3. The monoisotopic (exact) mass is 511 g/mol. The summed E-state index contributed by atoms with van der Waals surface area (Å²) in [6.45, 7) is -3.09. The van der Waals surface area contributed by atoms with Crippen LogP contribution in [0.3, 0.4) is 0 Å². The van der Waals surface area contributed by atoms with E-state index in [-0.39, 0.29) is 29.0 Å². The molecule has 178 valence electrons. The van der Waals surface area contributed by atoms with Gasteiger partial charge in [-0.05, 0) is 0 Å². The molecule has 2 amide bonds. The summed E-state index contributed by atoms with van der Waals surface area (Å²) < 4.78 is 30.4. The lowest BCUT2D eigenvalue weighted by molar-refractivity contribution is -0.689. The number of carboxylic acid groups (broad SMARTS) is 1. The van der Waals surface area contributed by atoms with Gasteiger partial charge in [0.15, 0.2) is 24.1 Å². The normalized spacial score (nSPS) is 20.1. The smallest absolute Gasteiger partial charge is 0.407 e. The second-order valence-corrected chi connectivity index (χ2v) is 8.80. The fraction of sp³-hybridized carbons (Fsp3) is 0.278. The molecule has 3 N–H and O–H groups in total. The van der Waals surface area contributed by atoms with E-state index in [1.165, 1.54) is 11.8 Å². The minimum atomic E-state index is -3.31. The van der Waals surface area contributed by atoms with Gasteiger partial charge in [0.2, 0.25) is 11.5 Å². The second-order valence-electron chi connectivity index (χ2n) is 6.91. The number of β-lactam (4-membered cyclic amide) rings is 1. The maximum absolute atomic E-state index is 12.8. The van der Waals surface area contributed by atoms with Crippen molar-refractivity contribution in [1.82, 2.24) is 19.6 Å². The van der Waals surface area contributed by atoms with Crippen LogP contribution < -0.4 is 20.7 Å². The van der Waals surface area contributed by atoms with Crippen molar-refractivity contribution in [2.75, 3.05) is 11.5 Å². The number of hydrogen-bond donors (Lipinski definition) is 2. The molecule has 0 aliphatic carbocycles. The average molecular weight is 511 g/mol. The summed E-state index contributed by atoms with van der Waals surface area (Å²) in [5.41, 5.74) is 4.96. The molecule has 0 saturated carbocycles. The van der Waals surface area contributed by atoms with Crippen LogP contribution in [0, 0.1) is 0 Å². The molecular formula is C18H15F2N7O5S2. The number of nitrogens with zero attached hydrogens (tertiary/aromatic N) is 5. The van der Waals surface area contributed by atoms with Crippen molar-refractivity contribution >= 4 is 51.9 Å². The van der Waals surface area contributed by atoms with Crippen LogP contribution in [0.25, 0.3) is 0 Å². The zero-order valence-electron chi connectivity index (χ0n) is 17.0. The number of fused-ring (bicyclic) bond motifs is 1. The Hall–Kier alpha value is -3.66. The van der Waals surface area contributed by atoms with Crippen LogP contribution in [0.15, 0.2) is 47.0 Å². The Bertz CT molecular complexity index is 1190. The number of hydrogen-bond acceptors (Lipinski definition) is 11. The molecule has 12 nitrogen and oxygen atoms in total. The number of carboxylic acids is 1. The molecular weight excluding hydrogens is 496 g/mol. The Labute approximate surface area is 198 Å². The summed E-state index contributed by atoms with van der Waals surface area (Å²) in [7, 11) is 0. The number of aliphatic carboxylic acids is 1. The van der Waals surface area contributed by atoms with Gasteiger partial charge in [-0.3, -0.25) is 14.5 Å². The van der Waals surface area contributed by atoms with Crippen molar-refractivity contribution in [2.24, 2.45) is 5.16 Å². The first-order chi connectivity index (χ1) is 16.3. The number of nitrogens with two attached hydrogens (primary N) is 1. The number of anilines is 1. The molecule has 2 aliphatic rings. The standard InChI is InChI=1S/C18H15F2N7O5S2/c19-17(20)32-24-9(12-23-18(21)34-25-12)13(28)22-10-14(29)27-11(16(30)31)8(7-33-15(10)27)6-26-4-2-1-3-5-26/h1-5,10,15,17H,6-7H2,(H3-,21,22,23,25,28,30,31)/t10?,15-/m0/s1. The van der Waals surface area contributed by atoms with Crippen LogP contribution in [0.5, 0.6) is 0 Å². The highest BCUT2D eigenvalue weighted by molar-refractivity contribution is 8.00. The van der Waals surface area contributed by atoms with E-state index in [1.54, 1.807) is 29.1 Å². The van der Waals surface area contributed by atoms with Gasteiger partial charge in [-0.15, -0.1) is 11.8 Å². The fourth-order valence-corrected chi connectivity index (χ4v) is 5.14. The zero-order valence-corrected chi connectivity index (χ0v) is 18.6. The summed E-state index contributed by atoms with van der Waals surface area (Å²) in [6.07, 6.45) is 3.50. The van der Waals surface area contributed by atoms with Gasteiger partial charge in [0.1, 0.15) is 11.4 Å². The van der Waals surface area contributed by atoms with Gasteiger partial charge in [-0.2, -0.15) is 18.1 Å². The molecule has 4 heterocycles. The molecule has 0 aromatic carbocycles. The Balaban J connectivity index is 1.53. The SMILES string of the molecule is Nc1nc(C(=NOC(F)F)C(=O)NC2C(=O)N3C(C(=O)[O-])=C(C[n+]4ccccc4)CS[C@@H]23)ns1. The number of alkyl halides is 2. The van der Waals surface area contributed by atoms with Crippen LogP contribution in [-0.2, 0) is 25.8 Å². The summed E-state index contributed by atoms with van der Waals surface area (Å²) in [4.78, 5) is 46.0. The van der Waals surface area contributed by atoms with Crippen molar-refractivity contribution in [3.8, 4) is 0 Å². The molecule has 0 radical (unpaired) electrons. The first-order valence-corrected chi connectivity index (χ1v) is 11.3. The number of rotatable bonds is 8. The zero-order chi connectivity index (χ0) is 24.4. The van der Waals surface area contributed by atoms with Gasteiger partial charge in [0.05, 0.1) is 11.7 Å². The molecule has 1 fully saturated rings. The minimum Gasteiger partial charge on any atom is -0.543 e. The highest BCUT2D eigenvalue weighted by Crippen LogP contribution is 2.40. The van der Waals surface area contributed by atoms with Crippen molar-refractivity contribution < 1.29 is 37.7 Å². The van der Waals surface area contributed by atoms with Gasteiger partial charge < -0.3 is 25.8 Å². The van der Waals surface area contributed by atoms with Crippen molar-refractivity contribution in [3.63, 3.8) is 0 Å². The lowest BCUT2D eigenvalue weighted by Crippen LogP contribution is -2.71. The van der Waals surface area contributed by atoms with E-state index < -0.39 is 41.5 Å². The third kappa shape index (κ3) is 4.67. The van der Waals surface area contributed by atoms with Crippen LogP contribution in [-0.4, -0.2) is 61.5 Å². The summed E-state index contributed by atoms with van der Waals surface area (Å²) in [6, 6.07) is 4.22. The van der Waals surface area contributed by atoms with E-state index in [1.807, 2.05) is 6.07 Å². The van der Waals surface area contributed by atoms with Crippen molar-refractivity contribution in [3.05, 3.63) is 47.7 Å². The Morgan fingerprint density at radius 2 is 2.12 bits per heavy atom. The predicted molar refractivity (Wildman–Crippen MR) is 112 cm³/mol. The van der Waals surface area contributed by atoms with E-state index in [4.69, 9.17) is 5.73 Å². The maximum Gasteiger partial charge on any atom is 0.407 e. The topological polar surface area (TPSA) is 167 Å².